The topological polar surface area (TPSA) is 94.4 Å². The summed E-state index contributed by atoms with van der Waals surface area (Å²) in [5.74, 6) is 0.538. The molecule has 200 valence electrons. The van der Waals surface area contributed by atoms with Gasteiger partial charge in [0, 0.05) is 43.8 Å². The van der Waals surface area contributed by atoms with Crippen LogP contribution < -0.4 is 5.56 Å². The number of carbonyl (C=O) groups is 2. The van der Waals surface area contributed by atoms with Gasteiger partial charge in [0.05, 0.1) is 23.1 Å². The van der Waals surface area contributed by atoms with Gasteiger partial charge in [-0.15, -0.1) is 0 Å². The average molecular weight is 543 g/mol. The summed E-state index contributed by atoms with van der Waals surface area (Å²) in [4.78, 5) is 48.5. The number of aromatic nitrogens is 3. The molecule has 1 aliphatic rings. The molecule has 2 aromatic heterocycles. The zero-order chi connectivity index (χ0) is 27.4. The quantitative estimate of drug-likeness (QED) is 0.191. The lowest BCUT2D eigenvalue weighted by molar-refractivity contribution is 0.0355. The molecule has 1 amide bonds. The standard InChI is InChI=1S/C30H30N4O4S/c1-20-4-3-5-25-26(20)28(36)33(2)30(32-25)39-19-22-6-8-23(9-7-22)27(35)34-16-12-21(13-17-34)18-38-29(37)24-10-14-31-15-11-24/h3-11,14-15,21H,12-13,16-19H2,1-2H3. The summed E-state index contributed by atoms with van der Waals surface area (Å²) in [5.41, 5.74) is 3.77. The van der Waals surface area contributed by atoms with Gasteiger partial charge in [-0.1, -0.05) is 36.0 Å². The number of pyridine rings is 1. The van der Waals surface area contributed by atoms with Crippen LogP contribution >= 0.6 is 11.8 Å². The molecule has 0 saturated carbocycles. The van der Waals surface area contributed by atoms with Gasteiger partial charge >= 0.3 is 5.97 Å². The molecular formula is C30H30N4O4S. The Labute approximate surface area is 231 Å². The predicted molar refractivity (Wildman–Crippen MR) is 151 cm³/mol. The van der Waals surface area contributed by atoms with Crippen LogP contribution in [0.4, 0.5) is 0 Å². The summed E-state index contributed by atoms with van der Waals surface area (Å²) >= 11 is 1.50. The third-order valence-electron chi connectivity index (χ3n) is 7.11. The maximum atomic E-state index is 13.1. The van der Waals surface area contributed by atoms with Gasteiger partial charge in [-0.2, -0.15) is 0 Å². The highest BCUT2D eigenvalue weighted by atomic mass is 32.2. The zero-order valence-corrected chi connectivity index (χ0v) is 22.8. The molecule has 39 heavy (non-hydrogen) atoms. The first-order chi connectivity index (χ1) is 18.9. The maximum Gasteiger partial charge on any atom is 0.338 e. The normalized spacial score (nSPS) is 13.9. The predicted octanol–water partition coefficient (Wildman–Crippen LogP) is 4.64. The molecule has 0 bridgehead atoms. The maximum absolute atomic E-state index is 13.1. The SMILES string of the molecule is Cc1cccc2nc(SCc3ccc(C(=O)N4CCC(COC(=O)c5ccncc5)CC4)cc3)n(C)c(=O)c12. The van der Waals surface area contributed by atoms with Crippen LogP contribution in [-0.2, 0) is 17.5 Å². The lowest BCUT2D eigenvalue weighted by atomic mass is 9.97. The second kappa shape index (κ2) is 11.8. The molecule has 0 atom stereocenters. The third-order valence-corrected chi connectivity index (χ3v) is 8.21. The molecule has 1 aliphatic heterocycles. The van der Waals surface area contributed by atoms with Crippen molar-refractivity contribution < 1.29 is 14.3 Å². The Balaban J connectivity index is 1.13. The van der Waals surface area contributed by atoms with Gasteiger partial charge in [-0.25, -0.2) is 9.78 Å². The summed E-state index contributed by atoms with van der Waals surface area (Å²) < 4.78 is 7.06. The highest BCUT2D eigenvalue weighted by Crippen LogP contribution is 2.24. The molecule has 0 N–H and O–H groups in total. The van der Waals surface area contributed by atoms with Crippen LogP contribution in [0, 0.1) is 12.8 Å². The third kappa shape index (κ3) is 6.04. The number of likely N-dealkylation sites (tertiary alicyclic amines) is 1. The Kier molecular flexibility index (Phi) is 8.07. The van der Waals surface area contributed by atoms with E-state index in [0.717, 1.165) is 24.0 Å². The second-order valence-electron chi connectivity index (χ2n) is 9.78. The van der Waals surface area contributed by atoms with Crippen molar-refractivity contribution in [2.45, 2.75) is 30.7 Å². The minimum absolute atomic E-state index is 0.00963. The number of hydrogen-bond acceptors (Lipinski definition) is 7. The first-order valence-electron chi connectivity index (χ1n) is 12.9. The Morgan fingerprint density at radius 2 is 1.72 bits per heavy atom. The van der Waals surface area contributed by atoms with Crippen molar-refractivity contribution in [1.29, 1.82) is 0 Å². The lowest BCUT2D eigenvalue weighted by Gasteiger charge is -2.31. The van der Waals surface area contributed by atoms with E-state index in [1.54, 1.807) is 36.1 Å². The van der Waals surface area contributed by atoms with E-state index in [1.807, 2.05) is 54.3 Å². The largest absolute Gasteiger partial charge is 0.462 e. The zero-order valence-electron chi connectivity index (χ0n) is 22.0. The van der Waals surface area contributed by atoms with E-state index in [4.69, 9.17) is 9.72 Å². The number of hydrogen-bond donors (Lipinski definition) is 0. The molecular weight excluding hydrogens is 512 g/mol. The van der Waals surface area contributed by atoms with E-state index in [-0.39, 0.29) is 23.4 Å². The van der Waals surface area contributed by atoms with Crippen LogP contribution in [0.1, 0.15) is 44.7 Å². The fourth-order valence-corrected chi connectivity index (χ4v) is 5.65. The number of aryl methyl sites for hydroxylation is 1. The van der Waals surface area contributed by atoms with Gasteiger partial charge in [-0.05, 0) is 67.1 Å². The van der Waals surface area contributed by atoms with Crippen molar-refractivity contribution in [3.8, 4) is 0 Å². The molecule has 4 aromatic rings. The molecule has 1 fully saturated rings. The lowest BCUT2D eigenvalue weighted by Crippen LogP contribution is -2.39. The van der Waals surface area contributed by atoms with Crippen LogP contribution in [0.2, 0.25) is 0 Å². The van der Waals surface area contributed by atoms with Crippen LogP contribution in [0.5, 0.6) is 0 Å². The first kappa shape index (κ1) is 26.6. The van der Waals surface area contributed by atoms with Crippen LogP contribution in [0.3, 0.4) is 0 Å². The van der Waals surface area contributed by atoms with Gasteiger partial charge in [0.1, 0.15) is 0 Å². The van der Waals surface area contributed by atoms with E-state index in [0.29, 0.717) is 52.6 Å². The fraction of sp³-hybridized carbons (Fsp3) is 0.300. The number of rotatable bonds is 7. The Morgan fingerprint density at radius 3 is 2.44 bits per heavy atom. The molecule has 3 heterocycles. The molecule has 8 nitrogen and oxygen atoms in total. The van der Waals surface area contributed by atoms with Gasteiger partial charge in [-0.3, -0.25) is 19.1 Å². The molecule has 0 radical (unpaired) electrons. The van der Waals surface area contributed by atoms with Gasteiger partial charge in [0.25, 0.3) is 11.5 Å². The number of amides is 1. The summed E-state index contributed by atoms with van der Waals surface area (Å²) in [7, 11) is 1.75. The van der Waals surface area contributed by atoms with Gasteiger partial charge in [0.15, 0.2) is 5.16 Å². The number of esters is 1. The summed E-state index contributed by atoms with van der Waals surface area (Å²) in [5, 5.41) is 1.31. The van der Waals surface area contributed by atoms with Crippen LogP contribution in [0.15, 0.2) is 76.9 Å². The number of thioether (sulfide) groups is 1. The minimum Gasteiger partial charge on any atom is -0.462 e. The van der Waals surface area contributed by atoms with E-state index in [2.05, 4.69) is 4.98 Å². The van der Waals surface area contributed by atoms with Crippen molar-refractivity contribution in [2.75, 3.05) is 19.7 Å². The van der Waals surface area contributed by atoms with E-state index in [9.17, 15) is 14.4 Å². The molecule has 1 saturated heterocycles. The van der Waals surface area contributed by atoms with Crippen LogP contribution in [0.25, 0.3) is 10.9 Å². The second-order valence-corrected chi connectivity index (χ2v) is 10.7. The molecule has 2 aromatic carbocycles. The number of piperidine rings is 1. The van der Waals surface area contributed by atoms with Gasteiger partial charge < -0.3 is 9.64 Å². The number of carbonyl (C=O) groups excluding carboxylic acids is 2. The molecule has 0 spiro atoms. The molecule has 5 rings (SSSR count). The summed E-state index contributed by atoms with van der Waals surface area (Å²) in [6.45, 7) is 3.54. The fourth-order valence-electron chi connectivity index (χ4n) is 4.73. The van der Waals surface area contributed by atoms with E-state index < -0.39 is 0 Å². The summed E-state index contributed by atoms with van der Waals surface area (Å²) in [6.07, 6.45) is 4.72. The summed E-state index contributed by atoms with van der Waals surface area (Å²) in [6, 6.07) is 16.6. The number of ether oxygens (including phenoxy) is 1. The average Bonchev–Trinajstić information content (AvgIpc) is 2.97. The Bertz CT molecular complexity index is 1550. The highest BCUT2D eigenvalue weighted by Gasteiger charge is 2.25. The van der Waals surface area contributed by atoms with Gasteiger partial charge in [0.2, 0.25) is 0 Å². The Morgan fingerprint density at radius 1 is 1.00 bits per heavy atom. The smallest absolute Gasteiger partial charge is 0.338 e. The molecule has 9 heteroatoms. The van der Waals surface area contributed by atoms with Crippen molar-refractivity contribution in [1.82, 2.24) is 19.4 Å². The minimum atomic E-state index is -0.345. The number of fused-ring (bicyclic) bond motifs is 1. The first-order valence-corrected chi connectivity index (χ1v) is 13.9. The highest BCUT2D eigenvalue weighted by molar-refractivity contribution is 7.98. The molecule has 0 unspecified atom stereocenters. The van der Waals surface area contributed by atoms with Crippen molar-refractivity contribution >= 4 is 34.5 Å². The van der Waals surface area contributed by atoms with Crippen molar-refractivity contribution in [3.63, 3.8) is 0 Å². The van der Waals surface area contributed by atoms with Crippen LogP contribution in [-0.4, -0.2) is 51.0 Å². The van der Waals surface area contributed by atoms with Crippen molar-refractivity contribution in [2.24, 2.45) is 13.0 Å². The number of benzene rings is 2. The van der Waals surface area contributed by atoms with E-state index in [1.165, 1.54) is 11.8 Å². The van der Waals surface area contributed by atoms with Crippen molar-refractivity contribution in [3.05, 3.63) is 99.6 Å². The molecule has 0 aliphatic carbocycles. The Hall–Kier alpha value is -3.98. The monoisotopic (exact) mass is 542 g/mol. The number of nitrogens with zero attached hydrogens (tertiary/aromatic N) is 4. The van der Waals surface area contributed by atoms with E-state index >= 15 is 0 Å².